The highest BCUT2D eigenvalue weighted by Crippen LogP contribution is 2.28. The number of carbonyl (C=O) groups excluding carboxylic acids is 1. The molecule has 3 aromatic heterocycles. The van der Waals surface area contributed by atoms with E-state index in [4.69, 9.17) is 5.73 Å². The Bertz CT molecular complexity index is 815. The van der Waals surface area contributed by atoms with Gasteiger partial charge in [-0.15, -0.1) is 0 Å². The molecule has 0 aliphatic carbocycles. The molecule has 4 rings (SSSR count). The first-order valence-corrected chi connectivity index (χ1v) is 6.59. The van der Waals surface area contributed by atoms with Crippen molar-refractivity contribution in [1.29, 1.82) is 0 Å². The Labute approximate surface area is 119 Å². The van der Waals surface area contributed by atoms with Gasteiger partial charge in [0.25, 0.3) is 5.91 Å². The van der Waals surface area contributed by atoms with Crippen LogP contribution in [0.1, 0.15) is 16.4 Å². The highest BCUT2D eigenvalue weighted by molar-refractivity contribution is 5.92. The molecule has 1 amide bonds. The summed E-state index contributed by atoms with van der Waals surface area (Å²) in [5.74, 6) is 0.455. The molecule has 1 fully saturated rings. The molecule has 4 heterocycles. The summed E-state index contributed by atoms with van der Waals surface area (Å²) >= 11 is 0. The number of nitrogens with zero attached hydrogens (tertiary/aromatic N) is 6. The van der Waals surface area contributed by atoms with Gasteiger partial charge in [-0.05, 0) is 6.07 Å². The van der Waals surface area contributed by atoms with Crippen LogP contribution in [0.25, 0.3) is 5.52 Å². The molecule has 2 N–H and O–H groups in total. The van der Waals surface area contributed by atoms with E-state index >= 15 is 0 Å². The lowest BCUT2D eigenvalue weighted by molar-refractivity contribution is 0.1000. The fraction of sp³-hybridized carbons (Fsp3) is 0.231. The first-order valence-electron chi connectivity index (χ1n) is 6.59. The number of carbonyl (C=O) groups is 1. The van der Waals surface area contributed by atoms with E-state index in [0.717, 1.165) is 24.4 Å². The summed E-state index contributed by atoms with van der Waals surface area (Å²) in [4.78, 5) is 17.7. The number of hydrogen-bond donors (Lipinski definition) is 1. The topological polar surface area (TPSA) is 94.3 Å². The van der Waals surface area contributed by atoms with Crippen molar-refractivity contribution in [3.8, 4) is 0 Å². The standard InChI is InChI=1S/C13H13N7O/c14-12(21)9-5-17-20(6-9)10-7-18(8-10)13-11-1-2-16-19(11)4-3-15-13/h1-6,10H,7-8H2,(H2,14,21). The third-order valence-electron chi connectivity index (χ3n) is 3.73. The van der Waals surface area contributed by atoms with Crippen LogP contribution < -0.4 is 10.6 Å². The third-order valence-corrected chi connectivity index (χ3v) is 3.73. The Morgan fingerprint density at radius 1 is 1.29 bits per heavy atom. The van der Waals surface area contributed by atoms with Crippen LogP contribution in [-0.4, -0.2) is 43.4 Å². The minimum Gasteiger partial charge on any atom is -0.366 e. The van der Waals surface area contributed by atoms with E-state index < -0.39 is 5.91 Å². The molecule has 0 saturated carbocycles. The van der Waals surface area contributed by atoms with Gasteiger partial charge in [-0.3, -0.25) is 9.48 Å². The molecule has 0 aromatic carbocycles. The molecule has 1 saturated heterocycles. The minimum absolute atomic E-state index is 0.225. The van der Waals surface area contributed by atoms with Gasteiger partial charge in [-0.25, -0.2) is 9.50 Å². The van der Waals surface area contributed by atoms with E-state index in [-0.39, 0.29) is 6.04 Å². The van der Waals surface area contributed by atoms with Crippen molar-refractivity contribution < 1.29 is 4.79 Å². The van der Waals surface area contributed by atoms with Gasteiger partial charge in [0.2, 0.25) is 0 Å². The minimum atomic E-state index is -0.455. The Balaban J connectivity index is 1.54. The van der Waals surface area contributed by atoms with E-state index in [2.05, 4.69) is 20.1 Å². The molecule has 1 aliphatic heterocycles. The van der Waals surface area contributed by atoms with Crippen LogP contribution in [0.5, 0.6) is 0 Å². The van der Waals surface area contributed by atoms with E-state index in [1.165, 1.54) is 6.20 Å². The second kappa shape index (κ2) is 4.30. The maximum absolute atomic E-state index is 11.1. The van der Waals surface area contributed by atoms with Crippen LogP contribution in [0.4, 0.5) is 5.82 Å². The summed E-state index contributed by atoms with van der Waals surface area (Å²) in [5.41, 5.74) is 6.65. The van der Waals surface area contributed by atoms with Crippen LogP contribution in [0.15, 0.2) is 37.1 Å². The lowest BCUT2D eigenvalue weighted by Gasteiger charge is -2.40. The number of nitrogens with two attached hydrogens (primary N) is 1. The number of fused-ring (bicyclic) bond motifs is 1. The van der Waals surface area contributed by atoms with Gasteiger partial charge < -0.3 is 10.6 Å². The van der Waals surface area contributed by atoms with Gasteiger partial charge in [0.05, 0.1) is 24.0 Å². The SMILES string of the molecule is NC(=O)c1cnn(C2CN(c3nccn4nccc34)C2)c1. The fourth-order valence-electron chi connectivity index (χ4n) is 2.55. The second-order valence-electron chi connectivity index (χ2n) is 5.04. The molecule has 0 radical (unpaired) electrons. The van der Waals surface area contributed by atoms with Crippen molar-refractivity contribution in [2.24, 2.45) is 5.73 Å². The summed E-state index contributed by atoms with van der Waals surface area (Å²) in [6.45, 7) is 1.58. The summed E-state index contributed by atoms with van der Waals surface area (Å²) in [5, 5.41) is 8.39. The summed E-state index contributed by atoms with van der Waals surface area (Å²) < 4.78 is 3.59. The molecule has 0 bridgehead atoms. The molecule has 0 unspecified atom stereocenters. The zero-order chi connectivity index (χ0) is 14.4. The summed E-state index contributed by atoms with van der Waals surface area (Å²) in [7, 11) is 0. The molecule has 106 valence electrons. The maximum Gasteiger partial charge on any atom is 0.251 e. The number of amides is 1. The number of aromatic nitrogens is 5. The first-order chi connectivity index (χ1) is 10.2. The van der Waals surface area contributed by atoms with Crippen molar-refractivity contribution in [2.75, 3.05) is 18.0 Å². The van der Waals surface area contributed by atoms with Crippen molar-refractivity contribution in [3.63, 3.8) is 0 Å². The number of anilines is 1. The van der Waals surface area contributed by atoms with Gasteiger partial charge in [-0.1, -0.05) is 0 Å². The first kappa shape index (κ1) is 11.9. The molecule has 8 heteroatoms. The van der Waals surface area contributed by atoms with Gasteiger partial charge in [0.15, 0.2) is 5.82 Å². The van der Waals surface area contributed by atoms with Gasteiger partial charge in [-0.2, -0.15) is 10.2 Å². The number of primary amides is 1. The molecule has 1 aliphatic rings. The highest BCUT2D eigenvalue weighted by atomic mass is 16.1. The van der Waals surface area contributed by atoms with Gasteiger partial charge in [0, 0.05) is 31.7 Å². The van der Waals surface area contributed by atoms with E-state index in [9.17, 15) is 4.79 Å². The molecule has 0 atom stereocenters. The average molecular weight is 283 g/mol. The molecule has 0 spiro atoms. The Kier molecular flexibility index (Phi) is 2.44. The van der Waals surface area contributed by atoms with Crippen molar-refractivity contribution in [1.82, 2.24) is 24.4 Å². The largest absolute Gasteiger partial charge is 0.366 e. The van der Waals surface area contributed by atoms with E-state index in [1.807, 2.05) is 12.3 Å². The quantitative estimate of drug-likeness (QED) is 0.735. The van der Waals surface area contributed by atoms with Crippen LogP contribution in [0.2, 0.25) is 0 Å². The monoisotopic (exact) mass is 283 g/mol. The zero-order valence-electron chi connectivity index (χ0n) is 11.1. The van der Waals surface area contributed by atoms with Crippen LogP contribution >= 0.6 is 0 Å². The van der Waals surface area contributed by atoms with Crippen molar-refractivity contribution >= 4 is 17.2 Å². The highest BCUT2D eigenvalue weighted by Gasteiger charge is 2.31. The predicted octanol–water partition coefficient (Wildman–Crippen LogP) is 0.0860. The summed E-state index contributed by atoms with van der Waals surface area (Å²) in [6, 6.07) is 2.16. The number of rotatable bonds is 3. The molecular formula is C13H13N7O. The number of hydrogen-bond acceptors (Lipinski definition) is 5. The normalized spacial score (nSPS) is 15.3. The van der Waals surface area contributed by atoms with E-state index in [1.54, 1.807) is 27.8 Å². The Hall–Kier alpha value is -2.90. The lowest BCUT2D eigenvalue weighted by Crippen LogP contribution is -2.48. The Morgan fingerprint density at radius 3 is 2.90 bits per heavy atom. The van der Waals surface area contributed by atoms with Crippen molar-refractivity contribution in [2.45, 2.75) is 6.04 Å². The molecular weight excluding hydrogens is 270 g/mol. The maximum atomic E-state index is 11.1. The van der Waals surface area contributed by atoms with E-state index in [0.29, 0.717) is 5.56 Å². The van der Waals surface area contributed by atoms with Crippen LogP contribution in [0.3, 0.4) is 0 Å². The predicted molar refractivity (Wildman–Crippen MR) is 75.0 cm³/mol. The Morgan fingerprint density at radius 2 is 2.14 bits per heavy atom. The fourth-order valence-corrected chi connectivity index (χ4v) is 2.55. The lowest BCUT2D eigenvalue weighted by atomic mass is 10.1. The molecule has 3 aromatic rings. The molecule has 21 heavy (non-hydrogen) atoms. The van der Waals surface area contributed by atoms with Gasteiger partial charge >= 0.3 is 0 Å². The second-order valence-corrected chi connectivity index (χ2v) is 5.04. The van der Waals surface area contributed by atoms with Crippen molar-refractivity contribution in [3.05, 3.63) is 42.6 Å². The zero-order valence-corrected chi connectivity index (χ0v) is 11.1. The van der Waals surface area contributed by atoms with Gasteiger partial charge in [0.1, 0.15) is 5.52 Å². The third kappa shape index (κ3) is 1.83. The summed E-state index contributed by atoms with van der Waals surface area (Å²) in [6.07, 6.45) is 8.51. The smallest absolute Gasteiger partial charge is 0.251 e. The van der Waals surface area contributed by atoms with Crippen LogP contribution in [-0.2, 0) is 0 Å². The molecule has 8 nitrogen and oxygen atoms in total. The average Bonchev–Trinajstić information content (AvgIpc) is 3.05. The van der Waals surface area contributed by atoms with Crippen LogP contribution in [0, 0.1) is 0 Å².